The summed E-state index contributed by atoms with van der Waals surface area (Å²) in [7, 11) is -4.14. The van der Waals surface area contributed by atoms with E-state index < -0.39 is 27.4 Å². The Morgan fingerprint density at radius 3 is 2.53 bits per heavy atom. The van der Waals surface area contributed by atoms with Crippen molar-refractivity contribution in [2.24, 2.45) is 5.10 Å². The molecule has 1 heterocycles. The summed E-state index contributed by atoms with van der Waals surface area (Å²) in [5, 5.41) is 25.5. The van der Waals surface area contributed by atoms with Crippen molar-refractivity contribution < 1.29 is 18.6 Å². The lowest BCUT2D eigenvalue weighted by molar-refractivity contribution is 0.241. The number of rotatable bonds is 6. The number of aryl methyl sites for hydroxylation is 1. The number of aromatic hydroxyl groups is 1. The molecule has 4 aromatic rings. The van der Waals surface area contributed by atoms with Gasteiger partial charge in [-0.1, -0.05) is 47.5 Å². The SMILES string of the molecule is Cc1ccc(S(=O)(=O)NN=C(c2nc3ccc(Cl)cc3[nH]c2=O)C(O)c2ccccc2O)cc1. The Labute approximate surface area is 199 Å². The van der Waals surface area contributed by atoms with Crippen LogP contribution in [0.25, 0.3) is 11.0 Å². The quantitative estimate of drug-likeness (QED) is 0.237. The number of aliphatic hydroxyl groups is 1. The smallest absolute Gasteiger partial charge is 0.276 e. The van der Waals surface area contributed by atoms with Gasteiger partial charge in [0.25, 0.3) is 15.6 Å². The molecule has 0 saturated heterocycles. The second kappa shape index (κ2) is 9.26. The van der Waals surface area contributed by atoms with Crippen LogP contribution in [0, 0.1) is 6.92 Å². The summed E-state index contributed by atoms with van der Waals surface area (Å²) < 4.78 is 25.5. The molecule has 0 saturated carbocycles. The maximum Gasteiger partial charge on any atom is 0.276 e. The van der Waals surface area contributed by atoms with Crippen molar-refractivity contribution in [3.05, 3.63) is 98.9 Å². The van der Waals surface area contributed by atoms with Crippen LogP contribution >= 0.6 is 11.6 Å². The highest BCUT2D eigenvalue weighted by Crippen LogP contribution is 2.26. The van der Waals surface area contributed by atoms with Gasteiger partial charge in [-0.15, -0.1) is 0 Å². The normalized spacial score (nSPS) is 13.1. The summed E-state index contributed by atoms with van der Waals surface area (Å²) in [4.78, 5) is 21.7. The number of aliphatic hydroxyl groups excluding tert-OH is 1. The minimum Gasteiger partial charge on any atom is -0.508 e. The molecule has 0 aliphatic carbocycles. The van der Waals surface area contributed by atoms with Gasteiger partial charge in [0.15, 0.2) is 5.69 Å². The van der Waals surface area contributed by atoms with Crippen molar-refractivity contribution in [2.75, 3.05) is 0 Å². The van der Waals surface area contributed by atoms with E-state index in [4.69, 9.17) is 11.6 Å². The summed E-state index contributed by atoms with van der Waals surface area (Å²) in [6, 6.07) is 16.5. The number of para-hydroxylation sites is 1. The number of H-pyrrole nitrogens is 1. The summed E-state index contributed by atoms with van der Waals surface area (Å²) >= 11 is 5.97. The third kappa shape index (κ3) is 4.79. The Bertz CT molecular complexity index is 1570. The molecule has 1 unspecified atom stereocenters. The van der Waals surface area contributed by atoms with Gasteiger partial charge in [0.2, 0.25) is 0 Å². The van der Waals surface area contributed by atoms with Crippen LogP contribution in [0.2, 0.25) is 5.02 Å². The van der Waals surface area contributed by atoms with Crippen LogP contribution in [0.4, 0.5) is 0 Å². The maximum atomic E-state index is 12.8. The summed E-state index contributed by atoms with van der Waals surface area (Å²) in [5.74, 6) is -0.270. The number of aromatic amines is 1. The Kier molecular flexibility index (Phi) is 6.38. The number of phenols is 1. The van der Waals surface area contributed by atoms with Gasteiger partial charge in [-0.2, -0.15) is 18.4 Å². The third-order valence-electron chi connectivity index (χ3n) is 5.00. The predicted octanol–water partition coefficient (Wildman–Crippen LogP) is 3.01. The summed E-state index contributed by atoms with van der Waals surface area (Å²) in [5.41, 5.74) is 0.0683. The molecule has 1 atom stereocenters. The molecular formula is C23H19ClN4O5S. The Morgan fingerprint density at radius 1 is 1.12 bits per heavy atom. The van der Waals surface area contributed by atoms with E-state index in [1.807, 2.05) is 6.92 Å². The molecule has 11 heteroatoms. The van der Waals surface area contributed by atoms with Crippen molar-refractivity contribution in [2.45, 2.75) is 17.9 Å². The first-order valence-corrected chi connectivity index (χ1v) is 11.8. The minimum atomic E-state index is -4.14. The molecule has 3 aromatic carbocycles. The molecule has 0 fully saturated rings. The van der Waals surface area contributed by atoms with Gasteiger partial charge in [-0.25, -0.2) is 4.98 Å². The molecule has 4 rings (SSSR count). The van der Waals surface area contributed by atoms with Crippen LogP contribution in [0.3, 0.4) is 0 Å². The number of nitrogens with zero attached hydrogens (tertiary/aromatic N) is 2. The second-order valence-electron chi connectivity index (χ2n) is 7.44. The van der Waals surface area contributed by atoms with Crippen molar-refractivity contribution in [3.8, 4) is 5.75 Å². The lowest BCUT2D eigenvalue weighted by Gasteiger charge is -2.15. The Morgan fingerprint density at radius 2 is 1.82 bits per heavy atom. The standard InChI is InChI=1S/C23H19ClN4O5S/c1-13-6-9-15(10-7-13)34(32,33)28-27-20(22(30)16-4-2-3-5-19(16)29)21-23(31)26-18-12-14(24)8-11-17(18)25-21/h2-12,22,28-30H,1H3,(H,26,31). The molecule has 0 aliphatic rings. The zero-order valence-electron chi connectivity index (χ0n) is 17.7. The molecule has 174 valence electrons. The maximum absolute atomic E-state index is 12.8. The van der Waals surface area contributed by atoms with E-state index >= 15 is 0 Å². The van der Waals surface area contributed by atoms with Crippen LogP contribution in [-0.2, 0) is 10.0 Å². The van der Waals surface area contributed by atoms with Gasteiger partial charge < -0.3 is 15.2 Å². The first kappa shape index (κ1) is 23.4. The van der Waals surface area contributed by atoms with E-state index in [9.17, 15) is 23.4 Å². The average molecular weight is 499 g/mol. The lowest BCUT2D eigenvalue weighted by atomic mass is 10.0. The molecule has 0 aliphatic heterocycles. The van der Waals surface area contributed by atoms with Crippen molar-refractivity contribution >= 4 is 38.4 Å². The minimum absolute atomic E-state index is 0.00758. The fourth-order valence-electron chi connectivity index (χ4n) is 3.22. The molecule has 0 radical (unpaired) electrons. The van der Waals surface area contributed by atoms with Gasteiger partial charge in [0.05, 0.1) is 15.9 Å². The molecule has 0 bridgehead atoms. The van der Waals surface area contributed by atoms with Gasteiger partial charge >= 0.3 is 0 Å². The predicted molar refractivity (Wildman–Crippen MR) is 128 cm³/mol. The van der Waals surface area contributed by atoms with E-state index in [0.29, 0.717) is 16.1 Å². The Hall–Kier alpha value is -3.73. The van der Waals surface area contributed by atoms with E-state index in [1.165, 1.54) is 30.3 Å². The van der Waals surface area contributed by atoms with Crippen LogP contribution < -0.4 is 10.4 Å². The number of sulfonamides is 1. The highest BCUT2D eigenvalue weighted by molar-refractivity contribution is 7.89. The number of aromatic nitrogens is 2. The first-order chi connectivity index (χ1) is 16.2. The zero-order chi connectivity index (χ0) is 24.5. The second-order valence-corrected chi connectivity index (χ2v) is 9.54. The number of halogens is 1. The number of benzene rings is 3. The Balaban J connectivity index is 1.85. The molecule has 9 nitrogen and oxygen atoms in total. The largest absolute Gasteiger partial charge is 0.508 e. The van der Waals surface area contributed by atoms with Gasteiger partial charge in [0, 0.05) is 10.6 Å². The fraction of sp³-hybridized carbons (Fsp3) is 0.0870. The molecule has 1 aromatic heterocycles. The molecular weight excluding hydrogens is 480 g/mol. The van der Waals surface area contributed by atoms with Crippen molar-refractivity contribution in [3.63, 3.8) is 0 Å². The highest BCUT2D eigenvalue weighted by atomic mass is 35.5. The van der Waals surface area contributed by atoms with Gasteiger partial charge in [0.1, 0.15) is 17.6 Å². The summed E-state index contributed by atoms with van der Waals surface area (Å²) in [6.45, 7) is 1.81. The number of fused-ring (bicyclic) bond motifs is 1. The third-order valence-corrected chi connectivity index (χ3v) is 6.46. The van der Waals surface area contributed by atoms with E-state index in [-0.39, 0.29) is 21.9 Å². The zero-order valence-corrected chi connectivity index (χ0v) is 19.3. The number of hydrogen-bond donors (Lipinski definition) is 4. The molecule has 0 spiro atoms. The van der Waals surface area contributed by atoms with Crippen LogP contribution in [0.1, 0.15) is 22.9 Å². The van der Waals surface area contributed by atoms with Gasteiger partial charge in [-0.05, 0) is 43.3 Å². The van der Waals surface area contributed by atoms with E-state index in [0.717, 1.165) is 5.56 Å². The lowest BCUT2D eigenvalue weighted by Crippen LogP contribution is -2.29. The monoisotopic (exact) mass is 498 g/mol. The number of hydrazone groups is 1. The molecule has 34 heavy (non-hydrogen) atoms. The molecule has 4 N–H and O–H groups in total. The number of hydrogen-bond acceptors (Lipinski definition) is 7. The van der Waals surface area contributed by atoms with Crippen LogP contribution in [0.5, 0.6) is 5.75 Å². The highest BCUT2D eigenvalue weighted by Gasteiger charge is 2.26. The number of nitrogens with one attached hydrogen (secondary N) is 2. The van der Waals surface area contributed by atoms with Crippen molar-refractivity contribution in [1.29, 1.82) is 0 Å². The summed E-state index contributed by atoms with van der Waals surface area (Å²) in [6.07, 6.45) is -1.68. The molecule has 0 amide bonds. The van der Waals surface area contributed by atoms with Crippen LogP contribution in [0.15, 0.2) is 81.5 Å². The van der Waals surface area contributed by atoms with Gasteiger partial charge in [-0.3, -0.25) is 4.79 Å². The van der Waals surface area contributed by atoms with E-state index in [2.05, 4.69) is 19.9 Å². The first-order valence-electron chi connectivity index (χ1n) is 9.98. The fourth-order valence-corrected chi connectivity index (χ4v) is 4.21. The van der Waals surface area contributed by atoms with E-state index in [1.54, 1.807) is 36.4 Å². The average Bonchev–Trinajstić information content (AvgIpc) is 2.80. The van der Waals surface area contributed by atoms with Crippen LogP contribution in [-0.4, -0.2) is 34.3 Å². The van der Waals surface area contributed by atoms with Crippen molar-refractivity contribution in [1.82, 2.24) is 14.8 Å². The number of phenolic OH excluding ortho intramolecular Hbond substituents is 1. The topological polar surface area (TPSA) is 145 Å².